The Balaban J connectivity index is 0.000000960. The van der Waals surface area contributed by atoms with E-state index < -0.39 is 12.1 Å². The fourth-order valence-electron chi connectivity index (χ4n) is 2.23. The number of carboxylic acid groups (broad SMARTS) is 1. The van der Waals surface area contributed by atoms with Gasteiger partial charge in [0, 0.05) is 30.1 Å². The Bertz CT molecular complexity index is 747. The molecule has 1 heterocycles. The SMILES string of the molecule is CC(=O)[O-].OCCN(CCO)c1ccc(N=Nc2scc[n+]2CC(O)CCl)cc1. The lowest BCUT2D eigenvalue weighted by molar-refractivity contribution is -0.686. The summed E-state index contributed by atoms with van der Waals surface area (Å²) >= 11 is 7.06. The minimum Gasteiger partial charge on any atom is -0.550 e. The van der Waals surface area contributed by atoms with Crippen LogP contribution in [0, 0.1) is 0 Å². The van der Waals surface area contributed by atoms with E-state index in [-0.39, 0.29) is 19.1 Å². The summed E-state index contributed by atoms with van der Waals surface area (Å²) in [6.45, 7) is 2.30. The van der Waals surface area contributed by atoms with Crippen molar-refractivity contribution in [2.24, 2.45) is 10.2 Å². The molecule has 3 N–H and O–H groups in total. The molecule has 9 nitrogen and oxygen atoms in total. The molecule has 160 valence electrons. The van der Waals surface area contributed by atoms with Crippen LogP contribution in [0.15, 0.2) is 46.1 Å². The van der Waals surface area contributed by atoms with E-state index in [4.69, 9.17) is 31.7 Å². The molecule has 0 bridgehead atoms. The van der Waals surface area contributed by atoms with Gasteiger partial charge in [0.15, 0.2) is 0 Å². The van der Waals surface area contributed by atoms with Crippen molar-refractivity contribution in [3.8, 4) is 0 Å². The lowest BCUT2D eigenvalue weighted by Crippen LogP contribution is -2.38. The number of aliphatic carboxylic acids is 1. The van der Waals surface area contributed by atoms with Gasteiger partial charge in [0.05, 0.1) is 24.2 Å². The molecule has 0 aliphatic heterocycles. The number of alkyl halides is 1. The van der Waals surface area contributed by atoms with E-state index in [9.17, 15) is 5.11 Å². The number of thiazole rings is 1. The van der Waals surface area contributed by atoms with E-state index in [0.717, 1.165) is 12.6 Å². The molecule has 0 amide bonds. The van der Waals surface area contributed by atoms with Crippen LogP contribution in [-0.2, 0) is 11.3 Å². The zero-order valence-corrected chi connectivity index (χ0v) is 17.6. The molecule has 0 saturated carbocycles. The summed E-state index contributed by atoms with van der Waals surface area (Å²) in [4.78, 5) is 10.8. The van der Waals surface area contributed by atoms with Crippen LogP contribution < -0.4 is 14.6 Å². The summed E-state index contributed by atoms with van der Waals surface area (Å²) in [5.74, 6) is -0.918. The number of carboxylic acids is 1. The van der Waals surface area contributed by atoms with Crippen molar-refractivity contribution in [1.82, 2.24) is 0 Å². The van der Waals surface area contributed by atoms with E-state index in [1.165, 1.54) is 11.3 Å². The number of anilines is 1. The second-order valence-corrected chi connectivity index (χ2v) is 6.97. The lowest BCUT2D eigenvalue weighted by Gasteiger charge is -2.22. The van der Waals surface area contributed by atoms with E-state index in [0.29, 0.717) is 30.5 Å². The van der Waals surface area contributed by atoms with Crippen LogP contribution in [0.2, 0.25) is 0 Å². The molecule has 0 fully saturated rings. The molecule has 0 spiro atoms. The van der Waals surface area contributed by atoms with Crippen LogP contribution in [0.4, 0.5) is 16.5 Å². The van der Waals surface area contributed by atoms with Gasteiger partial charge in [-0.25, -0.2) is 4.57 Å². The Morgan fingerprint density at radius 2 is 1.83 bits per heavy atom. The Hall–Kier alpha value is -2.11. The molecule has 1 atom stereocenters. The number of hydrogen-bond donors (Lipinski definition) is 3. The Labute approximate surface area is 178 Å². The van der Waals surface area contributed by atoms with Gasteiger partial charge in [-0.1, -0.05) is 0 Å². The number of azo groups is 1. The normalized spacial score (nSPS) is 11.8. The first-order valence-electron chi connectivity index (χ1n) is 8.78. The number of carbonyl (C=O) groups excluding carboxylic acids is 1. The van der Waals surface area contributed by atoms with Crippen molar-refractivity contribution in [3.63, 3.8) is 0 Å². The Morgan fingerprint density at radius 3 is 2.34 bits per heavy atom. The van der Waals surface area contributed by atoms with Crippen LogP contribution in [0.3, 0.4) is 0 Å². The maximum Gasteiger partial charge on any atom is 0.408 e. The van der Waals surface area contributed by atoms with Crippen molar-refractivity contribution in [3.05, 3.63) is 35.8 Å². The van der Waals surface area contributed by atoms with E-state index >= 15 is 0 Å². The van der Waals surface area contributed by atoms with E-state index in [2.05, 4.69) is 10.2 Å². The van der Waals surface area contributed by atoms with Crippen molar-refractivity contribution < 1.29 is 29.8 Å². The molecule has 1 aromatic carbocycles. The maximum atomic E-state index is 9.65. The van der Waals surface area contributed by atoms with Gasteiger partial charge in [0.1, 0.15) is 24.5 Å². The summed E-state index contributed by atoms with van der Waals surface area (Å²) < 4.78 is 1.81. The highest BCUT2D eigenvalue weighted by Gasteiger charge is 2.15. The van der Waals surface area contributed by atoms with Crippen LogP contribution in [-0.4, -0.2) is 59.6 Å². The molecule has 11 heteroatoms. The minimum absolute atomic E-state index is 0.0218. The van der Waals surface area contributed by atoms with Crippen LogP contribution >= 0.6 is 22.9 Å². The zero-order valence-electron chi connectivity index (χ0n) is 16.0. The minimum atomic E-state index is -1.08. The summed E-state index contributed by atoms with van der Waals surface area (Å²) in [5.41, 5.74) is 1.59. The van der Waals surface area contributed by atoms with Gasteiger partial charge in [-0.15, -0.1) is 11.6 Å². The molecule has 29 heavy (non-hydrogen) atoms. The first-order valence-corrected chi connectivity index (χ1v) is 10.2. The number of aliphatic hydroxyl groups excluding tert-OH is 3. The molecule has 2 aromatic rings. The van der Waals surface area contributed by atoms with Crippen LogP contribution in [0.25, 0.3) is 0 Å². The topological polar surface area (TPSA) is 133 Å². The standard InChI is InChI=1S/C16H22ClN4O3S.C2H4O2/c17-11-15(24)12-21-7-10-25-16(21)19-18-13-1-3-14(4-2-13)20(5-8-22)6-9-23;1-2(3)4/h1-4,7,10,15,22-24H,5-6,8-9,11-12H2;1H3,(H,3,4)/q+1;/p-1. The number of benzene rings is 1. The van der Waals surface area contributed by atoms with Gasteiger partial charge in [0.2, 0.25) is 0 Å². The molecule has 0 aliphatic rings. The number of halogens is 1. The molecule has 0 saturated heterocycles. The van der Waals surface area contributed by atoms with Gasteiger partial charge in [-0.05, 0) is 47.6 Å². The molecule has 0 aliphatic carbocycles. The Morgan fingerprint density at radius 1 is 1.24 bits per heavy atom. The van der Waals surface area contributed by atoms with Crippen molar-refractivity contribution in [2.45, 2.75) is 19.6 Å². The molecule has 2 rings (SSSR count). The summed E-state index contributed by atoms with van der Waals surface area (Å²) in [5, 5.41) is 47.7. The fourth-order valence-corrected chi connectivity index (χ4v) is 3.02. The fraction of sp³-hybridized carbons (Fsp3) is 0.444. The quantitative estimate of drug-likeness (QED) is 0.279. The highest BCUT2D eigenvalue weighted by atomic mass is 35.5. The number of nitrogens with zero attached hydrogens (tertiary/aromatic N) is 4. The maximum absolute atomic E-state index is 9.65. The largest absolute Gasteiger partial charge is 0.550 e. The number of carbonyl (C=O) groups is 1. The summed E-state index contributed by atoms with van der Waals surface area (Å²) in [6.07, 6.45) is 1.21. The first kappa shape index (κ1) is 24.9. The smallest absolute Gasteiger partial charge is 0.408 e. The molecule has 1 aromatic heterocycles. The Kier molecular flexibility index (Phi) is 12.0. The van der Waals surface area contributed by atoms with Gasteiger partial charge in [-0.3, -0.25) is 0 Å². The predicted octanol–water partition coefficient (Wildman–Crippen LogP) is 0.598. The number of aromatic nitrogens is 1. The molecular weight excluding hydrogens is 420 g/mol. The summed E-state index contributed by atoms with van der Waals surface area (Å²) in [6, 6.07) is 7.40. The van der Waals surface area contributed by atoms with E-state index in [1.807, 2.05) is 40.7 Å². The molecule has 0 radical (unpaired) electrons. The molecule has 1 unspecified atom stereocenters. The number of aliphatic hydroxyl groups is 3. The van der Waals surface area contributed by atoms with Crippen molar-refractivity contribution >= 4 is 45.4 Å². The molecular formula is C18H25ClN4O5S. The first-order chi connectivity index (χ1) is 13.9. The lowest BCUT2D eigenvalue weighted by atomic mass is 10.2. The number of rotatable bonds is 10. The highest BCUT2D eigenvalue weighted by molar-refractivity contribution is 7.12. The van der Waals surface area contributed by atoms with Gasteiger partial charge in [0.25, 0.3) is 0 Å². The zero-order chi connectivity index (χ0) is 21.6. The average molecular weight is 445 g/mol. The van der Waals surface area contributed by atoms with Crippen LogP contribution in [0.1, 0.15) is 6.92 Å². The van der Waals surface area contributed by atoms with Gasteiger partial charge >= 0.3 is 5.13 Å². The van der Waals surface area contributed by atoms with Crippen molar-refractivity contribution in [1.29, 1.82) is 0 Å². The third kappa shape index (κ3) is 9.77. The average Bonchev–Trinajstić information content (AvgIpc) is 3.13. The highest BCUT2D eigenvalue weighted by Crippen LogP contribution is 2.22. The third-order valence-electron chi connectivity index (χ3n) is 3.45. The predicted molar refractivity (Wildman–Crippen MR) is 109 cm³/mol. The van der Waals surface area contributed by atoms with Crippen molar-refractivity contribution in [2.75, 3.05) is 37.1 Å². The number of hydrogen-bond acceptors (Lipinski definition) is 9. The van der Waals surface area contributed by atoms with Gasteiger partial charge in [-0.2, -0.15) is 0 Å². The second-order valence-electron chi connectivity index (χ2n) is 5.79. The third-order valence-corrected chi connectivity index (χ3v) is 4.59. The van der Waals surface area contributed by atoms with Gasteiger partial charge < -0.3 is 30.1 Å². The monoisotopic (exact) mass is 444 g/mol. The van der Waals surface area contributed by atoms with E-state index in [1.54, 1.807) is 4.57 Å². The second kappa shape index (κ2) is 14.0. The van der Waals surface area contributed by atoms with Crippen LogP contribution in [0.5, 0.6) is 0 Å². The summed E-state index contributed by atoms with van der Waals surface area (Å²) in [7, 11) is 0.